The molecule has 4 nitrogen and oxygen atoms in total. The summed E-state index contributed by atoms with van der Waals surface area (Å²) in [4.78, 5) is 15.0. The van der Waals surface area contributed by atoms with Crippen molar-refractivity contribution in [3.8, 4) is 6.07 Å². The maximum atomic E-state index is 13.0. The Bertz CT molecular complexity index is 382. The van der Waals surface area contributed by atoms with E-state index in [1.165, 1.54) is 0 Å². The normalized spacial score (nSPS) is 26.1. The number of nitrogens with zero attached hydrogens (tertiary/aromatic N) is 2. The van der Waals surface area contributed by atoms with Gasteiger partial charge in [-0.3, -0.25) is 4.79 Å². The van der Waals surface area contributed by atoms with Crippen LogP contribution >= 0.6 is 0 Å². The van der Waals surface area contributed by atoms with Gasteiger partial charge >= 0.3 is 0 Å². The van der Waals surface area contributed by atoms with E-state index in [0.717, 1.165) is 32.1 Å². The SMILES string of the molecule is CCCC(C#N)(CCC)C(=O)N1CCOC2CCCC21. The van der Waals surface area contributed by atoms with Crippen LogP contribution in [0.25, 0.3) is 0 Å². The van der Waals surface area contributed by atoms with Crippen LogP contribution in [0.1, 0.15) is 58.8 Å². The number of nitriles is 1. The summed E-state index contributed by atoms with van der Waals surface area (Å²) in [6.45, 7) is 5.36. The molecule has 0 radical (unpaired) electrons. The number of rotatable bonds is 5. The molecule has 4 heteroatoms. The molecule has 112 valence electrons. The van der Waals surface area contributed by atoms with Crippen molar-refractivity contribution in [1.29, 1.82) is 5.26 Å². The minimum absolute atomic E-state index is 0.0592. The molecule has 20 heavy (non-hydrogen) atoms. The van der Waals surface area contributed by atoms with Gasteiger partial charge in [-0.15, -0.1) is 0 Å². The molecular weight excluding hydrogens is 252 g/mol. The Labute approximate surface area is 122 Å². The number of carbonyl (C=O) groups is 1. The second kappa shape index (κ2) is 6.58. The molecule has 1 saturated carbocycles. The molecule has 1 heterocycles. The average molecular weight is 278 g/mol. The molecule has 2 unspecified atom stereocenters. The lowest BCUT2D eigenvalue weighted by atomic mass is 9.78. The van der Waals surface area contributed by atoms with Gasteiger partial charge in [0, 0.05) is 6.54 Å². The van der Waals surface area contributed by atoms with Crippen molar-refractivity contribution in [2.24, 2.45) is 5.41 Å². The summed E-state index contributed by atoms with van der Waals surface area (Å²) in [5.74, 6) is 0.0592. The van der Waals surface area contributed by atoms with Crippen molar-refractivity contribution in [1.82, 2.24) is 4.90 Å². The van der Waals surface area contributed by atoms with Crippen LogP contribution in [-0.2, 0) is 9.53 Å². The Morgan fingerprint density at radius 3 is 2.65 bits per heavy atom. The maximum Gasteiger partial charge on any atom is 0.243 e. The molecule has 1 aliphatic heterocycles. The molecule has 0 spiro atoms. The summed E-state index contributed by atoms with van der Waals surface area (Å²) < 4.78 is 5.77. The molecule has 0 aromatic heterocycles. The van der Waals surface area contributed by atoms with E-state index in [1.807, 2.05) is 18.7 Å². The van der Waals surface area contributed by atoms with Crippen molar-refractivity contribution in [3.05, 3.63) is 0 Å². The molecule has 0 aromatic rings. The van der Waals surface area contributed by atoms with Crippen molar-refractivity contribution >= 4 is 5.91 Å². The Kier molecular flexibility index (Phi) is 5.04. The van der Waals surface area contributed by atoms with E-state index in [-0.39, 0.29) is 18.1 Å². The van der Waals surface area contributed by atoms with Gasteiger partial charge in [-0.2, -0.15) is 5.26 Å². The summed E-state index contributed by atoms with van der Waals surface area (Å²) in [6.07, 6.45) is 6.49. The smallest absolute Gasteiger partial charge is 0.243 e. The summed E-state index contributed by atoms with van der Waals surface area (Å²) in [5.41, 5.74) is -0.812. The molecule has 2 rings (SSSR count). The molecule has 2 aliphatic rings. The average Bonchev–Trinajstić information content (AvgIpc) is 2.94. The highest BCUT2D eigenvalue weighted by Crippen LogP contribution is 2.36. The van der Waals surface area contributed by atoms with Crippen LogP contribution in [0, 0.1) is 16.7 Å². The highest BCUT2D eigenvalue weighted by Gasteiger charge is 2.46. The van der Waals surface area contributed by atoms with E-state index in [9.17, 15) is 10.1 Å². The standard InChI is InChI=1S/C16H26N2O2/c1-3-8-16(12-17,9-4-2)15(19)18-10-11-20-14-7-5-6-13(14)18/h13-14H,3-11H2,1-2H3. The van der Waals surface area contributed by atoms with Crippen LogP contribution in [0.4, 0.5) is 0 Å². The van der Waals surface area contributed by atoms with E-state index in [1.54, 1.807) is 0 Å². The fourth-order valence-corrected chi connectivity index (χ4v) is 3.80. The van der Waals surface area contributed by atoms with E-state index < -0.39 is 5.41 Å². The lowest BCUT2D eigenvalue weighted by molar-refractivity contribution is -0.152. The summed E-state index contributed by atoms with van der Waals surface area (Å²) >= 11 is 0. The second-order valence-corrected chi connectivity index (χ2v) is 6.10. The third-order valence-electron chi connectivity index (χ3n) is 4.72. The molecule has 0 aromatic carbocycles. The minimum Gasteiger partial charge on any atom is -0.374 e. The summed E-state index contributed by atoms with van der Waals surface area (Å²) in [7, 11) is 0. The molecule has 1 amide bonds. The Balaban J connectivity index is 2.20. The Morgan fingerprint density at radius 2 is 2.05 bits per heavy atom. The fourth-order valence-electron chi connectivity index (χ4n) is 3.80. The molecule has 0 N–H and O–H groups in total. The molecular formula is C16H26N2O2. The largest absolute Gasteiger partial charge is 0.374 e. The van der Waals surface area contributed by atoms with Crippen molar-refractivity contribution in [2.45, 2.75) is 70.9 Å². The first kappa shape index (κ1) is 15.3. The highest BCUT2D eigenvalue weighted by atomic mass is 16.5. The zero-order valence-corrected chi connectivity index (χ0v) is 12.7. The first-order valence-corrected chi connectivity index (χ1v) is 8.02. The van der Waals surface area contributed by atoms with Gasteiger partial charge < -0.3 is 9.64 Å². The van der Waals surface area contributed by atoms with E-state index in [4.69, 9.17) is 4.74 Å². The first-order valence-electron chi connectivity index (χ1n) is 8.02. The van der Waals surface area contributed by atoms with Crippen molar-refractivity contribution in [2.75, 3.05) is 13.2 Å². The van der Waals surface area contributed by atoms with E-state index >= 15 is 0 Å². The molecule has 2 fully saturated rings. The Morgan fingerprint density at radius 1 is 1.35 bits per heavy atom. The van der Waals surface area contributed by atoms with Gasteiger partial charge in [0.15, 0.2) is 0 Å². The molecule has 1 aliphatic carbocycles. The quantitative estimate of drug-likeness (QED) is 0.777. The number of morpholine rings is 1. The number of hydrogen-bond donors (Lipinski definition) is 0. The van der Waals surface area contributed by atoms with Gasteiger partial charge in [0.25, 0.3) is 0 Å². The fraction of sp³-hybridized carbons (Fsp3) is 0.875. The lowest BCUT2D eigenvalue weighted by Gasteiger charge is -2.41. The predicted molar refractivity (Wildman–Crippen MR) is 77.0 cm³/mol. The summed E-state index contributed by atoms with van der Waals surface area (Å²) in [6, 6.07) is 2.57. The van der Waals surface area contributed by atoms with Gasteiger partial charge in [-0.05, 0) is 32.1 Å². The highest BCUT2D eigenvalue weighted by molar-refractivity contribution is 5.86. The lowest BCUT2D eigenvalue weighted by Crippen LogP contribution is -2.55. The Hall–Kier alpha value is -1.08. The monoisotopic (exact) mass is 278 g/mol. The third kappa shape index (κ3) is 2.69. The van der Waals surface area contributed by atoms with Gasteiger partial charge in [0.05, 0.1) is 24.8 Å². The minimum atomic E-state index is -0.812. The van der Waals surface area contributed by atoms with Crippen LogP contribution in [0.3, 0.4) is 0 Å². The number of carbonyl (C=O) groups excluding carboxylic acids is 1. The zero-order valence-electron chi connectivity index (χ0n) is 12.7. The number of fused-ring (bicyclic) bond motifs is 1. The molecule has 0 bridgehead atoms. The zero-order chi connectivity index (χ0) is 14.6. The topological polar surface area (TPSA) is 53.3 Å². The number of ether oxygens (including phenoxy) is 1. The number of hydrogen-bond acceptors (Lipinski definition) is 3. The second-order valence-electron chi connectivity index (χ2n) is 6.10. The predicted octanol–water partition coefficient (Wildman–Crippen LogP) is 2.88. The van der Waals surface area contributed by atoms with Crippen molar-refractivity contribution in [3.63, 3.8) is 0 Å². The van der Waals surface area contributed by atoms with Crippen LogP contribution in [-0.4, -0.2) is 36.1 Å². The van der Waals surface area contributed by atoms with Crippen LogP contribution < -0.4 is 0 Å². The van der Waals surface area contributed by atoms with Crippen LogP contribution in [0.2, 0.25) is 0 Å². The van der Waals surface area contributed by atoms with Crippen LogP contribution in [0.15, 0.2) is 0 Å². The van der Waals surface area contributed by atoms with Gasteiger partial charge in [0.1, 0.15) is 5.41 Å². The van der Waals surface area contributed by atoms with Crippen molar-refractivity contribution < 1.29 is 9.53 Å². The van der Waals surface area contributed by atoms with E-state index in [0.29, 0.717) is 26.0 Å². The van der Waals surface area contributed by atoms with Gasteiger partial charge in [0.2, 0.25) is 5.91 Å². The first-order chi connectivity index (χ1) is 9.68. The number of amides is 1. The third-order valence-corrected chi connectivity index (χ3v) is 4.72. The maximum absolute atomic E-state index is 13.0. The van der Waals surface area contributed by atoms with Gasteiger partial charge in [-0.25, -0.2) is 0 Å². The van der Waals surface area contributed by atoms with Gasteiger partial charge in [-0.1, -0.05) is 26.7 Å². The van der Waals surface area contributed by atoms with E-state index in [2.05, 4.69) is 6.07 Å². The summed E-state index contributed by atoms with van der Waals surface area (Å²) in [5, 5.41) is 9.65. The van der Waals surface area contributed by atoms with Crippen LogP contribution in [0.5, 0.6) is 0 Å². The molecule has 1 saturated heterocycles. The molecule has 2 atom stereocenters.